The Bertz CT molecular complexity index is 1080. The number of nitro groups is 1. The Morgan fingerprint density at radius 1 is 1.29 bits per heavy atom. The minimum atomic E-state index is -0.564. The summed E-state index contributed by atoms with van der Waals surface area (Å²) in [7, 11) is 0. The number of nitrogens with zero attached hydrogens (tertiary/aromatic N) is 5. The maximum absolute atomic E-state index is 12.4. The molecule has 1 amide bonds. The monoisotopic (exact) mass is 443 g/mol. The molecule has 10 nitrogen and oxygen atoms in total. The fraction of sp³-hybridized carbons (Fsp3) is 0.400. The van der Waals surface area contributed by atoms with Gasteiger partial charge in [-0.1, -0.05) is 30.8 Å². The molecule has 3 rings (SSSR count). The molecule has 2 aromatic heterocycles. The van der Waals surface area contributed by atoms with Gasteiger partial charge in [-0.15, -0.1) is 0 Å². The highest BCUT2D eigenvalue weighted by atomic mass is 32.2. The number of anilines is 1. The van der Waals surface area contributed by atoms with Gasteiger partial charge >= 0.3 is 0 Å². The lowest BCUT2D eigenvalue weighted by Gasteiger charge is -2.12. The van der Waals surface area contributed by atoms with Gasteiger partial charge in [0.2, 0.25) is 0 Å². The van der Waals surface area contributed by atoms with Gasteiger partial charge in [0.15, 0.2) is 10.8 Å². The van der Waals surface area contributed by atoms with Gasteiger partial charge in [-0.05, 0) is 26.3 Å². The van der Waals surface area contributed by atoms with Crippen molar-refractivity contribution in [2.24, 2.45) is 0 Å². The first kappa shape index (κ1) is 22.5. The van der Waals surface area contributed by atoms with E-state index in [1.54, 1.807) is 28.7 Å². The van der Waals surface area contributed by atoms with Crippen LogP contribution in [-0.2, 0) is 6.54 Å². The summed E-state index contributed by atoms with van der Waals surface area (Å²) in [4.78, 5) is 32.3. The molecule has 0 bridgehead atoms. The maximum atomic E-state index is 12.4. The van der Waals surface area contributed by atoms with E-state index in [2.05, 4.69) is 32.6 Å². The topological polar surface area (TPSA) is 128 Å². The van der Waals surface area contributed by atoms with E-state index in [4.69, 9.17) is 0 Å². The summed E-state index contributed by atoms with van der Waals surface area (Å²) in [5.74, 6) is 1.14. The summed E-state index contributed by atoms with van der Waals surface area (Å²) in [5, 5.41) is 23.1. The van der Waals surface area contributed by atoms with Crippen LogP contribution in [0.3, 0.4) is 0 Å². The molecule has 0 spiro atoms. The van der Waals surface area contributed by atoms with Crippen molar-refractivity contribution in [2.45, 2.75) is 44.9 Å². The van der Waals surface area contributed by atoms with Gasteiger partial charge in [0.1, 0.15) is 11.4 Å². The molecular formula is C20H25N7O3S. The summed E-state index contributed by atoms with van der Waals surface area (Å²) >= 11 is 1.58. The molecule has 31 heavy (non-hydrogen) atoms. The molecule has 164 valence electrons. The number of nitro benzene ring substituents is 1. The zero-order valence-electron chi connectivity index (χ0n) is 17.7. The first-order valence-corrected chi connectivity index (χ1v) is 11.0. The summed E-state index contributed by atoms with van der Waals surface area (Å²) in [6.07, 6.45) is 2.72. The highest BCUT2D eigenvalue weighted by Crippen LogP contribution is 2.25. The quantitative estimate of drug-likeness (QED) is 0.211. The van der Waals surface area contributed by atoms with E-state index < -0.39 is 10.8 Å². The Morgan fingerprint density at radius 2 is 2.06 bits per heavy atom. The molecule has 2 heterocycles. The molecule has 0 atom stereocenters. The number of benzene rings is 1. The van der Waals surface area contributed by atoms with Crippen molar-refractivity contribution in [1.82, 2.24) is 25.1 Å². The van der Waals surface area contributed by atoms with Crippen molar-refractivity contribution in [1.29, 1.82) is 0 Å². The molecule has 1 aromatic carbocycles. The van der Waals surface area contributed by atoms with Crippen LogP contribution in [0, 0.1) is 10.1 Å². The smallest absolute Gasteiger partial charge is 0.282 e. The van der Waals surface area contributed by atoms with Crippen molar-refractivity contribution in [3.63, 3.8) is 0 Å². The molecule has 11 heteroatoms. The largest absolute Gasteiger partial charge is 0.367 e. The third-order valence-electron chi connectivity index (χ3n) is 4.29. The van der Waals surface area contributed by atoms with Crippen molar-refractivity contribution in [3.05, 3.63) is 46.1 Å². The second kappa shape index (κ2) is 10.2. The van der Waals surface area contributed by atoms with Gasteiger partial charge in [0.05, 0.1) is 23.1 Å². The predicted molar refractivity (Wildman–Crippen MR) is 121 cm³/mol. The van der Waals surface area contributed by atoms with E-state index in [0.717, 1.165) is 23.4 Å². The predicted octanol–water partition coefficient (Wildman–Crippen LogP) is 3.49. The molecule has 2 N–H and O–H groups in total. The lowest BCUT2D eigenvalue weighted by Crippen LogP contribution is -2.28. The average molecular weight is 444 g/mol. The van der Waals surface area contributed by atoms with Crippen molar-refractivity contribution >= 4 is 40.2 Å². The number of amides is 1. The minimum absolute atomic E-state index is 0.0295. The van der Waals surface area contributed by atoms with E-state index in [1.807, 2.05) is 13.8 Å². The standard InChI is InChI=1S/C20H25N7O3S/c1-4-11-31-20-24-17(23-13(2)3)15-12-22-26(18(15)25-20)10-9-21-19(28)14-7-5-6-8-16(14)27(29)30/h5-8,12-13H,4,9-11H2,1-3H3,(H,21,28)(H,23,24,25). The van der Waals surface area contributed by atoms with Crippen LogP contribution in [0.4, 0.5) is 11.5 Å². The number of hydrogen-bond acceptors (Lipinski definition) is 8. The second-order valence-electron chi connectivity index (χ2n) is 7.14. The Morgan fingerprint density at radius 3 is 2.77 bits per heavy atom. The molecule has 0 fully saturated rings. The molecule has 0 saturated heterocycles. The van der Waals surface area contributed by atoms with E-state index >= 15 is 0 Å². The van der Waals surface area contributed by atoms with Crippen LogP contribution < -0.4 is 10.6 Å². The van der Waals surface area contributed by atoms with Crippen LogP contribution in [0.5, 0.6) is 0 Å². The van der Waals surface area contributed by atoms with Gasteiger partial charge in [-0.25, -0.2) is 14.6 Å². The zero-order valence-corrected chi connectivity index (χ0v) is 18.5. The molecule has 0 saturated carbocycles. The number of para-hydroxylation sites is 1. The zero-order chi connectivity index (χ0) is 22.4. The van der Waals surface area contributed by atoms with Crippen LogP contribution in [0.1, 0.15) is 37.6 Å². The molecular weight excluding hydrogens is 418 g/mol. The number of fused-ring (bicyclic) bond motifs is 1. The molecule has 0 aliphatic heterocycles. The number of thioether (sulfide) groups is 1. The third kappa shape index (κ3) is 5.48. The van der Waals surface area contributed by atoms with Crippen LogP contribution in [0.2, 0.25) is 0 Å². The molecule has 0 radical (unpaired) electrons. The normalized spacial score (nSPS) is 11.1. The average Bonchev–Trinajstić information content (AvgIpc) is 3.15. The number of hydrogen-bond donors (Lipinski definition) is 2. The fourth-order valence-corrected chi connectivity index (χ4v) is 3.63. The first-order valence-electron chi connectivity index (χ1n) is 10.0. The molecule has 0 unspecified atom stereocenters. The van der Waals surface area contributed by atoms with E-state index in [1.165, 1.54) is 18.2 Å². The van der Waals surface area contributed by atoms with Crippen molar-refractivity contribution in [2.75, 3.05) is 17.6 Å². The van der Waals surface area contributed by atoms with Crippen LogP contribution in [0.15, 0.2) is 35.6 Å². The summed E-state index contributed by atoms with van der Waals surface area (Å²) in [6.45, 7) is 6.79. The van der Waals surface area contributed by atoms with Crippen LogP contribution in [0.25, 0.3) is 11.0 Å². The lowest BCUT2D eigenvalue weighted by molar-refractivity contribution is -0.385. The van der Waals surface area contributed by atoms with Gasteiger partial charge in [-0.2, -0.15) is 5.10 Å². The Kier molecular flexibility index (Phi) is 7.40. The SMILES string of the molecule is CCCSc1nc(NC(C)C)c2cnn(CCNC(=O)c3ccccc3[N+](=O)[O-])c2n1. The van der Waals surface area contributed by atoms with E-state index in [9.17, 15) is 14.9 Å². The third-order valence-corrected chi connectivity index (χ3v) is 5.34. The van der Waals surface area contributed by atoms with Gasteiger partial charge < -0.3 is 10.6 Å². The van der Waals surface area contributed by atoms with E-state index in [-0.39, 0.29) is 23.8 Å². The maximum Gasteiger partial charge on any atom is 0.282 e. The lowest BCUT2D eigenvalue weighted by atomic mass is 10.1. The first-order chi connectivity index (χ1) is 14.9. The molecule has 0 aliphatic carbocycles. The van der Waals surface area contributed by atoms with Crippen molar-refractivity contribution in [3.8, 4) is 0 Å². The number of rotatable bonds is 10. The highest BCUT2D eigenvalue weighted by molar-refractivity contribution is 7.99. The fourth-order valence-electron chi connectivity index (χ4n) is 2.94. The highest BCUT2D eigenvalue weighted by Gasteiger charge is 2.19. The number of carbonyl (C=O) groups is 1. The Balaban J connectivity index is 1.77. The number of nitrogens with one attached hydrogen (secondary N) is 2. The minimum Gasteiger partial charge on any atom is -0.367 e. The summed E-state index contributed by atoms with van der Waals surface area (Å²) < 4.78 is 1.71. The second-order valence-corrected chi connectivity index (χ2v) is 8.20. The van der Waals surface area contributed by atoms with Gasteiger partial charge in [0, 0.05) is 24.4 Å². The molecule has 3 aromatic rings. The van der Waals surface area contributed by atoms with Crippen molar-refractivity contribution < 1.29 is 9.72 Å². The van der Waals surface area contributed by atoms with Gasteiger partial charge in [-0.3, -0.25) is 14.9 Å². The number of carbonyl (C=O) groups excluding carboxylic acids is 1. The van der Waals surface area contributed by atoms with Gasteiger partial charge in [0.25, 0.3) is 11.6 Å². The Hall–Kier alpha value is -3.21. The summed E-state index contributed by atoms with van der Waals surface area (Å²) in [5.41, 5.74) is 0.484. The van der Waals surface area contributed by atoms with E-state index in [0.29, 0.717) is 17.3 Å². The van der Waals surface area contributed by atoms with Crippen LogP contribution >= 0.6 is 11.8 Å². The summed E-state index contributed by atoms with van der Waals surface area (Å²) in [6, 6.07) is 6.07. The Labute approximate surface area is 184 Å². The number of aromatic nitrogens is 4. The molecule has 0 aliphatic rings. The van der Waals surface area contributed by atoms with Crippen LogP contribution in [-0.4, -0.2) is 48.9 Å².